The number of rotatable bonds is 5. The van der Waals surface area contributed by atoms with Gasteiger partial charge in [0.15, 0.2) is 5.13 Å². The molecule has 0 bridgehead atoms. The SMILES string of the molecule is COc1ccc(SCC(=O)N2CCN(c3nc4ccccc4s3)CC2)cc1. The number of hydrogen-bond donors (Lipinski definition) is 0. The van der Waals surface area contributed by atoms with Crippen LogP contribution in [-0.2, 0) is 4.79 Å². The Hall–Kier alpha value is -2.25. The van der Waals surface area contributed by atoms with Gasteiger partial charge < -0.3 is 14.5 Å². The summed E-state index contributed by atoms with van der Waals surface area (Å²) in [6.45, 7) is 3.16. The van der Waals surface area contributed by atoms with E-state index in [1.54, 1.807) is 30.2 Å². The fourth-order valence-electron chi connectivity index (χ4n) is 3.05. The summed E-state index contributed by atoms with van der Waals surface area (Å²) in [6.07, 6.45) is 0. The lowest BCUT2D eigenvalue weighted by Crippen LogP contribution is -2.49. The van der Waals surface area contributed by atoms with E-state index in [0.29, 0.717) is 5.75 Å². The van der Waals surface area contributed by atoms with Gasteiger partial charge in [0.1, 0.15) is 5.75 Å². The van der Waals surface area contributed by atoms with Crippen LogP contribution in [0.5, 0.6) is 5.75 Å². The van der Waals surface area contributed by atoms with E-state index >= 15 is 0 Å². The summed E-state index contributed by atoms with van der Waals surface area (Å²) in [7, 11) is 1.65. The number of fused-ring (bicyclic) bond motifs is 1. The molecule has 7 heteroatoms. The van der Waals surface area contributed by atoms with E-state index in [4.69, 9.17) is 9.72 Å². The Labute approximate surface area is 166 Å². The smallest absolute Gasteiger partial charge is 0.233 e. The van der Waals surface area contributed by atoms with Gasteiger partial charge >= 0.3 is 0 Å². The maximum atomic E-state index is 12.5. The zero-order chi connectivity index (χ0) is 18.6. The second kappa shape index (κ2) is 8.19. The zero-order valence-electron chi connectivity index (χ0n) is 15.1. The first-order valence-electron chi connectivity index (χ1n) is 8.88. The molecule has 0 N–H and O–H groups in total. The average Bonchev–Trinajstić information content (AvgIpc) is 3.17. The predicted molar refractivity (Wildman–Crippen MR) is 112 cm³/mol. The van der Waals surface area contributed by atoms with Crippen molar-refractivity contribution in [2.75, 3.05) is 43.9 Å². The lowest BCUT2D eigenvalue weighted by molar-refractivity contribution is -0.128. The number of anilines is 1. The van der Waals surface area contributed by atoms with E-state index < -0.39 is 0 Å². The summed E-state index contributed by atoms with van der Waals surface area (Å²) in [6, 6.07) is 16.0. The summed E-state index contributed by atoms with van der Waals surface area (Å²) in [5.41, 5.74) is 1.05. The molecule has 2 aromatic carbocycles. The lowest BCUT2D eigenvalue weighted by Gasteiger charge is -2.34. The molecule has 1 fully saturated rings. The molecule has 1 aromatic heterocycles. The molecule has 0 unspecified atom stereocenters. The Kier molecular flexibility index (Phi) is 5.50. The highest BCUT2D eigenvalue weighted by Crippen LogP contribution is 2.29. The van der Waals surface area contributed by atoms with Crippen molar-refractivity contribution in [3.05, 3.63) is 48.5 Å². The number of carbonyl (C=O) groups is 1. The number of ether oxygens (including phenoxy) is 1. The first-order chi connectivity index (χ1) is 13.2. The van der Waals surface area contributed by atoms with Gasteiger partial charge in [0.2, 0.25) is 5.91 Å². The number of para-hydroxylation sites is 1. The molecule has 2 heterocycles. The van der Waals surface area contributed by atoms with Crippen molar-refractivity contribution in [2.24, 2.45) is 0 Å². The fraction of sp³-hybridized carbons (Fsp3) is 0.300. The van der Waals surface area contributed by atoms with Gasteiger partial charge in [-0.05, 0) is 36.4 Å². The third-order valence-corrected chi connectivity index (χ3v) is 6.70. The van der Waals surface area contributed by atoms with Gasteiger partial charge in [-0.25, -0.2) is 4.98 Å². The number of thioether (sulfide) groups is 1. The molecule has 27 heavy (non-hydrogen) atoms. The van der Waals surface area contributed by atoms with E-state index in [0.717, 1.165) is 47.5 Å². The number of carbonyl (C=O) groups excluding carboxylic acids is 1. The Balaban J connectivity index is 1.29. The van der Waals surface area contributed by atoms with Crippen LogP contribution in [0.2, 0.25) is 0 Å². The van der Waals surface area contributed by atoms with Crippen molar-refractivity contribution in [3.63, 3.8) is 0 Å². The maximum Gasteiger partial charge on any atom is 0.233 e. The number of hydrogen-bond acceptors (Lipinski definition) is 6. The van der Waals surface area contributed by atoms with Gasteiger partial charge in [-0.15, -0.1) is 11.8 Å². The third-order valence-electron chi connectivity index (χ3n) is 4.61. The van der Waals surface area contributed by atoms with E-state index in [9.17, 15) is 4.79 Å². The van der Waals surface area contributed by atoms with Crippen LogP contribution in [0.1, 0.15) is 0 Å². The van der Waals surface area contributed by atoms with Gasteiger partial charge in [0, 0.05) is 31.1 Å². The first kappa shape index (κ1) is 18.1. The van der Waals surface area contributed by atoms with Gasteiger partial charge in [-0.2, -0.15) is 0 Å². The van der Waals surface area contributed by atoms with Gasteiger partial charge in [-0.3, -0.25) is 4.79 Å². The molecule has 140 valence electrons. The maximum absolute atomic E-state index is 12.5. The van der Waals surface area contributed by atoms with E-state index in [1.165, 1.54) is 4.70 Å². The Morgan fingerprint density at radius 3 is 2.56 bits per heavy atom. The molecule has 1 aliphatic heterocycles. The molecule has 0 atom stereocenters. The number of nitrogens with zero attached hydrogens (tertiary/aromatic N) is 3. The second-order valence-corrected chi connectivity index (χ2v) is 8.35. The highest BCUT2D eigenvalue weighted by atomic mass is 32.2. The summed E-state index contributed by atoms with van der Waals surface area (Å²) in [5, 5.41) is 1.05. The largest absolute Gasteiger partial charge is 0.497 e. The van der Waals surface area contributed by atoms with Crippen molar-refractivity contribution in [2.45, 2.75) is 4.90 Å². The standard InChI is InChI=1S/C20H21N3O2S2/c1-25-15-6-8-16(9-7-15)26-14-19(24)22-10-12-23(13-11-22)20-21-17-4-2-3-5-18(17)27-20/h2-9H,10-14H2,1H3. The molecule has 0 spiro atoms. The zero-order valence-corrected chi connectivity index (χ0v) is 16.8. The van der Waals surface area contributed by atoms with Crippen LogP contribution in [0.15, 0.2) is 53.4 Å². The highest BCUT2D eigenvalue weighted by Gasteiger charge is 2.23. The molecular formula is C20H21N3O2S2. The molecule has 0 saturated carbocycles. The van der Waals surface area contributed by atoms with Crippen LogP contribution in [0.3, 0.4) is 0 Å². The van der Waals surface area contributed by atoms with Gasteiger partial charge in [0.25, 0.3) is 0 Å². The van der Waals surface area contributed by atoms with Crippen molar-refractivity contribution in [3.8, 4) is 5.75 Å². The fourth-order valence-corrected chi connectivity index (χ4v) is 4.87. The Bertz CT molecular complexity index is 885. The molecule has 5 nitrogen and oxygen atoms in total. The monoisotopic (exact) mass is 399 g/mol. The van der Waals surface area contributed by atoms with Gasteiger partial charge in [-0.1, -0.05) is 23.5 Å². The second-order valence-electron chi connectivity index (χ2n) is 6.30. The van der Waals surface area contributed by atoms with Crippen LogP contribution < -0.4 is 9.64 Å². The minimum atomic E-state index is 0.194. The van der Waals surface area contributed by atoms with E-state index in [-0.39, 0.29) is 5.91 Å². The molecule has 1 saturated heterocycles. The number of amides is 1. The number of benzene rings is 2. The number of piperazine rings is 1. The van der Waals surface area contributed by atoms with Crippen molar-refractivity contribution >= 4 is 44.4 Å². The molecule has 1 amide bonds. The molecular weight excluding hydrogens is 378 g/mol. The normalized spacial score (nSPS) is 14.6. The average molecular weight is 400 g/mol. The minimum Gasteiger partial charge on any atom is -0.497 e. The van der Waals surface area contributed by atoms with Crippen LogP contribution in [0, 0.1) is 0 Å². The number of methoxy groups -OCH3 is 1. The Morgan fingerprint density at radius 1 is 1.11 bits per heavy atom. The predicted octanol–water partition coefficient (Wildman–Crippen LogP) is 3.75. The number of thiazole rings is 1. The summed E-state index contributed by atoms with van der Waals surface area (Å²) < 4.78 is 6.37. The first-order valence-corrected chi connectivity index (χ1v) is 10.7. The minimum absolute atomic E-state index is 0.194. The molecule has 4 rings (SSSR count). The quantitative estimate of drug-likeness (QED) is 0.612. The summed E-state index contributed by atoms with van der Waals surface area (Å²) >= 11 is 3.29. The molecule has 3 aromatic rings. The van der Waals surface area contributed by atoms with Gasteiger partial charge in [0.05, 0.1) is 23.1 Å². The van der Waals surface area contributed by atoms with Crippen molar-refractivity contribution in [1.29, 1.82) is 0 Å². The molecule has 1 aliphatic rings. The summed E-state index contributed by atoms with van der Waals surface area (Å²) in [4.78, 5) is 22.6. The van der Waals surface area contributed by atoms with E-state index in [2.05, 4.69) is 11.0 Å². The molecule has 0 radical (unpaired) electrons. The van der Waals surface area contributed by atoms with Crippen LogP contribution in [0.25, 0.3) is 10.2 Å². The summed E-state index contributed by atoms with van der Waals surface area (Å²) in [5.74, 6) is 1.49. The van der Waals surface area contributed by atoms with Crippen molar-refractivity contribution in [1.82, 2.24) is 9.88 Å². The van der Waals surface area contributed by atoms with Crippen LogP contribution >= 0.6 is 23.1 Å². The Morgan fingerprint density at radius 2 is 1.85 bits per heavy atom. The third kappa shape index (κ3) is 4.20. The van der Waals surface area contributed by atoms with Crippen LogP contribution in [0.4, 0.5) is 5.13 Å². The number of aromatic nitrogens is 1. The van der Waals surface area contributed by atoms with E-state index in [1.807, 2.05) is 47.4 Å². The van der Waals surface area contributed by atoms with Crippen LogP contribution in [-0.4, -0.2) is 54.8 Å². The van der Waals surface area contributed by atoms with Crippen molar-refractivity contribution < 1.29 is 9.53 Å². The highest BCUT2D eigenvalue weighted by molar-refractivity contribution is 8.00. The molecule has 0 aliphatic carbocycles. The topological polar surface area (TPSA) is 45.7 Å². The lowest BCUT2D eigenvalue weighted by atomic mass is 10.3.